The Labute approximate surface area is 164 Å². The molecule has 0 aliphatic carbocycles. The average molecular weight is 394 g/mol. The summed E-state index contributed by atoms with van der Waals surface area (Å²) in [7, 11) is -5.28. The van der Waals surface area contributed by atoms with E-state index in [0.717, 1.165) is 4.90 Å². The highest BCUT2D eigenvalue weighted by molar-refractivity contribution is 7.93. The molecule has 0 aromatic heterocycles. The summed E-state index contributed by atoms with van der Waals surface area (Å²) in [6.07, 6.45) is 1.78. The van der Waals surface area contributed by atoms with Gasteiger partial charge in [0.25, 0.3) is 8.24 Å². The van der Waals surface area contributed by atoms with E-state index in [1.807, 2.05) is 42.5 Å². The van der Waals surface area contributed by atoms with Crippen LogP contribution in [0.25, 0.3) is 0 Å². The molecule has 3 aromatic carbocycles. The maximum atomic E-state index is 13.9. The van der Waals surface area contributed by atoms with Crippen LogP contribution in [0.1, 0.15) is 20.8 Å². The Morgan fingerprint density at radius 1 is 0.704 bits per heavy atom. The molecule has 0 heterocycles. The van der Waals surface area contributed by atoms with Gasteiger partial charge in [-0.2, -0.15) is 0 Å². The molecule has 0 fully saturated rings. The van der Waals surface area contributed by atoms with Crippen molar-refractivity contribution in [3.8, 4) is 0 Å². The van der Waals surface area contributed by atoms with Crippen LogP contribution in [0.15, 0.2) is 99.9 Å². The molecule has 2 nitrogen and oxygen atoms in total. The minimum Gasteiger partial charge on any atom is -0.262 e. The summed E-state index contributed by atoms with van der Waals surface area (Å²) in [4.78, 5) is 0.790. The van der Waals surface area contributed by atoms with Gasteiger partial charge in [-0.25, -0.2) is 4.21 Å². The van der Waals surface area contributed by atoms with E-state index in [4.69, 9.17) is 4.03 Å². The van der Waals surface area contributed by atoms with Gasteiger partial charge in [-0.3, -0.25) is 4.03 Å². The first kappa shape index (κ1) is 19.6. The Bertz CT molecular complexity index is 963. The Morgan fingerprint density at radius 2 is 1.07 bits per heavy atom. The number of nitrogens with zero attached hydrogens (tertiary/aromatic N) is 1. The third-order valence-corrected chi connectivity index (χ3v) is 13.1. The van der Waals surface area contributed by atoms with E-state index in [-0.39, 0.29) is 5.04 Å². The summed E-state index contributed by atoms with van der Waals surface area (Å²) in [5.74, 6) is 0. The molecule has 3 aromatic rings. The molecule has 1 unspecified atom stereocenters. The van der Waals surface area contributed by atoms with Crippen molar-refractivity contribution >= 4 is 28.3 Å². The number of rotatable bonds is 4. The van der Waals surface area contributed by atoms with Gasteiger partial charge in [-0.15, -0.1) is 0 Å². The lowest BCUT2D eigenvalue weighted by Gasteiger charge is -2.40. The highest BCUT2D eigenvalue weighted by Gasteiger charge is 2.49. The van der Waals surface area contributed by atoms with Crippen molar-refractivity contribution in [2.45, 2.75) is 30.7 Å². The van der Waals surface area contributed by atoms with Gasteiger partial charge < -0.3 is 0 Å². The molecule has 27 heavy (non-hydrogen) atoms. The van der Waals surface area contributed by atoms with Crippen molar-refractivity contribution in [1.82, 2.24) is 0 Å². The maximum Gasteiger partial charge on any atom is 0.260 e. The summed E-state index contributed by atoms with van der Waals surface area (Å²) in [5.41, 5.74) is 0. The zero-order valence-corrected chi connectivity index (χ0v) is 18.2. The van der Waals surface area contributed by atoms with Crippen LogP contribution in [0.3, 0.4) is 0 Å². The molecule has 0 bridgehead atoms. The highest BCUT2D eigenvalue weighted by atomic mass is 32.2. The van der Waals surface area contributed by atoms with Crippen LogP contribution in [-0.4, -0.2) is 18.7 Å². The lowest BCUT2D eigenvalue weighted by molar-refractivity contribution is 0.679. The molecule has 4 heteroatoms. The second kappa shape index (κ2) is 7.45. The van der Waals surface area contributed by atoms with Gasteiger partial charge in [-0.1, -0.05) is 99.6 Å². The van der Waals surface area contributed by atoms with Gasteiger partial charge >= 0.3 is 0 Å². The van der Waals surface area contributed by atoms with E-state index in [1.165, 1.54) is 10.4 Å². The van der Waals surface area contributed by atoms with Gasteiger partial charge in [0, 0.05) is 11.2 Å². The number of hydrogen-bond acceptors (Lipinski definition) is 2. The van der Waals surface area contributed by atoms with Crippen molar-refractivity contribution in [3.63, 3.8) is 0 Å². The first-order valence-corrected chi connectivity index (χ1v) is 13.0. The van der Waals surface area contributed by atoms with E-state index in [1.54, 1.807) is 6.26 Å². The second-order valence-electron chi connectivity index (χ2n) is 7.90. The molecule has 1 atom stereocenters. The summed E-state index contributed by atoms with van der Waals surface area (Å²) < 4.78 is 19.2. The predicted octanol–water partition coefficient (Wildman–Crippen LogP) is 4.70. The summed E-state index contributed by atoms with van der Waals surface area (Å²) in [6.45, 7) is 6.68. The van der Waals surface area contributed by atoms with E-state index in [0.29, 0.717) is 0 Å². The molecule has 0 N–H and O–H groups in total. The molecule has 0 radical (unpaired) electrons. The standard InChI is InChI=1S/C23H27NOSSi/c1-23(2,3)27(21-16-10-6-11-17-21,22-18-12-7-13-19-22)24-26(4,25)20-14-8-5-9-15-20/h5-19H,1-4H3. The molecule has 0 spiro atoms. The Kier molecular flexibility index (Phi) is 5.40. The minimum absolute atomic E-state index is 0.150. The topological polar surface area (TPSA) is 29.4 Å². The van der Waals surface area contributed by atoms with Crippen LogP contribution in [0.2, 0.25) is 5.04 Å². The maximum absolute atomic E-state index is 13.9. The first-order valence-electron chi connectivity index (χ1n) is 9.17. The van der Waals surface area contributed by atoms with Gasteiger partial charge in [0.1, 0.15) is 0 Å². The fourth-order valence-electron chi connectivity index (χ4n) is 3.62. The smallest absolute Gasteiger partial charge is 0.260 e. The molecule has 0 aliphatic heterocycles. The fourth-order valence-corrected chi connectivity index (χ4v) is 12.1. The van der Waals surface area contributed by atoms with Crippen molar-refractivity contribution in [3.05, 3.63) is 91.0 Å². The van der Waals surface area contributed by atoms with Gasteiger partial charge in [0.2, 0.25) is 0 Å². The Hall–Kier alpha value is -2.17. The van der Waals surface area contributed by atoms with Crippen LogP contribution in [0, 0.1) is 0 Å². The first-order chi connectivity index (χ1) is 12.8. The van der Waals surface area contributed by atoms with Gasteiger partial charge in [0.05, 0.1) is 9.73 Å². The zero-order valence-electron chi connectivity index (χ0n) is 16.4. The van der Waals surface area contributed by atoms with Crippen molar-refractivity contribution in [2.24, 2.45) is 4.03 Å². The fraction of sp³-hybridized carbons (Fsp3) is 0.217. The summed E-state index contributed by atoms with van der Waals surface area (Å²) in [6, 6.07) is 30.5. The molecule has 3 rings (SSSR count). The summed E-state index contributed by atoms with van der Waals surface area (Å²) in [5, 5.41) is 2.23. The van der Waals surface area contributed by atoms with E-state index in [9.17, 15) is 4.21 Å². The second-order valence-corrected chi connectivity index (χ2v) is 14.8. The van der Waals surface area contributed by atoms with E-state index in [2.05, 4.69) is 69.3 Å². The molecule has 0 saturated carbocycles. The average Bonchev–Trinajstić information content (AvgIpc) is 2.67. The van der Waals surface area contributed by atoms with Crippen molar-refractivity contribution < 1.29 is 4.21 Å². The number of benzene rings is 3. The van der Waals surface area contributed by atoms with Crippen LogP contribution in [-0.2, 0) is 9.73 Å². The number of hydrogen-bond donors (Lipinski definition) is 0. The predicted molar refractivity (Wildman–Crippen MR) is 119 cm³/mol. The van der Waals surface area contributed by atoms with Crippen LogP contribution < -0.4 is 10.4 Å². The van der Waals surface area contributed by atoms with Crippen molar-refractivity contribution in [2.75, 3.05) is 6.26 Å². The molecular formula is C23H27NOSSi. The van der Waals surface area contributed by atoms with Gasteiger partial charge in [-0.05, 0) is 27.5 Å². The molecule has 0 saturated heterocycles. The highest BCUT2D eigenvalue weighted by Crippen LogP contribution is 2.38. The van der Waals surface area contributed by atoms with Crippen molar-refractivity contribution in [1.29, 1.82) is 0 Å². The minimum atomic E-state index is -2.72. The monoisotopic (exact) mass is 393 g/mol. The lowest BCUT2D eigenvalue weighted by atomic mass is 10.2. The van der Waals surface area contributed by atoms with Crippen LogP contribution >= 0.6 is 0 Å². The van der Waals surface area contributed by atoms with Crippen LogP contribution in [0.4, 0.5) is 0 Å². The lowest BCUT2D eigenvalue weighted by Crippen LogP contribution is -2.63. The third kappa shape index (κ3) is 3.78. The third-order valence-electron chi connectivity index (χ3n) is 4.96. The molecular weight excluding hydrogens is 366 g/mol. The molecule has 140 valence electrons. The van der Waals surface area contributed by atoms with E-state index >= 15 is 0 Å². The van der Waals surface area contributed by atoms with Crippen LogP contribution in [0.5, 0.6) is 0 Å². The quantitative estimate of drug-likeness (QED) is 0.591. The molecule has 0 amide bonds. The van der Waals surface area contributed by atoms with E-state index < -0.39 is 18.0 Å². The zero-order chi connectivity index (χ0) is 19.5. The Balaban J connectivity index is 2.41. The Morgan fingerprint density at radius 3 is 1.44 bits per heavy atom. The normalized spacial score (nSPS) is 14.4. The largest absolute Gasteiger partial charge is 0.262 e. The summed E-state index contributed by atoms with van der Waals surface area (Å²) >= 11 is 0. The van der Waals surface area contributed by atoms with Gasteiger partial charge in [0.15, 0.2) is 0 Å². The molecule has 0 aliphatic rings. The SMILES string of the molecule is CC(C)(C)[Si](N=S(C)(=O)c1ccccc1)(c1ccccc1)c1ccccc1.